The Hall–Kier alpha value is -6.95. The van der Waals surface area contributed by atoms with E-state index in [1.807, 2.05) is 42.2 Å². The molecule has 12 rings (SSSR count). The van der Waals surface area contributed by atoms with Crippen LogP contribution >= 0.6 is 11.8 Å². The summed E-state index contributed by atoms with van der Waals surface area (Å²) in [6.45, 7) is 0. The molecule has 0 radical (unpaired) electrons. The minimum absolute atomic E-state index is 0.166. The van der Waals surface area contributed by atoms with Crippen LogP contribution in [0.1, 0.15) is 34.6 Å². The molecule has 0 bridgehead atoms. The average Bonchev–Trinajstić information content (AvgIpc) is 3.59. The van der Waals surface area contributed by atoms with Crippen LogP contribution in [0.4, 0.5) is 0 Å². The van der Waals surface area contributed by atoms with E-state index in [1.54, 1.807) is 0 Å². The van der Waals surface area contributed by atoms with Gasteiger partial charge in [0.25, 0.3) is 0 Å². The van der Waals surface area contributed by atoms with Crippen LogP contribution in [0.3, 0.4) is 0 Å². The highest BCUT2D eigenvalue weighted by molar-refractivity contribution is 8.03. The Kier molecular flexibility index (Phi) is 7.47. The summed E-state index contributed by atoms with van der Waals surface area (Å²) in [5.74, 6) is 2.13. The Labute approximate surface area is 340 Å². The second kappa shape index (κ2) is 13.1. The summed E-state index contributed by atoms with van der Waals surface area (Å²) in [5.41, 5.74) is 12.4. The van der Waals surface area contributed by atoms with E-state index in [9.17, 15) is 0 Å². The molecule has 1 aliphatic heterocycles. The first-order valence-electron chi connectivity index (χ1n) is 19.8. The molecule has 0 N–H and O–H groups in total. The number of rotatable bonds is 4. The number of allylic oxidation sites excluding steroid dienone is 3. The first kappa shape index (κ1) is 33.2. The van der Waals surface area contributed by atoms with Gasteiger partial charge in [-0.25, -0.2) is 15.0 Å². The third kappa shape index (κ3) is 4.96. The summed E-state index contributed by atoms with van der Waals surface area (Å²) in [6, 6.07) is 60.7. The second-order valence-electron chi connectivity index (χ2n) is 15.3. The molecule has 2 aromatic heterocycles. The minimum atomic E-state index is -0.556. The summed E-state index contributed by atoms with van der Waals surface area (Å²) >= 11 is 1.88. The largest absolute Gasteiger partial charge is 0.256 e. The molecule has 3 heterocycles. The summed E-state index contributed by atoms with van der Waals surface area (Å²) in [6.07, 6.45) is 7.87. The van der Waals surface area contributed by atoms with E-state index in [4.69, 9.17) is 19.9 Å². The molecule has 1 atom stereocenters. The second-order valence-corrected chi connectivity index (χ2v) is 16.4. The lowest BCUT2D eigenvalue weighted by Gasteiger charge is -2.43. The molecular weight excluding hydrogens is 725 g/mol. The van der Waals surface area contributed by atoms with Crippen LogP contribution in [0.25, 0.3) is 67.0 Å². The molecule has 2 aliphatic carbocycles. The van der Waals surface area contributed by atoms with Crippen molar-refractivity contribution in [3.8, 4) is 45.3 Å². The van der Waals surface area contributed by atoms with Crippen LogP contribution in [0.2, 0.25) is 0 Å². The predicted molar refractivity (Wildman–Crippen MR) is 237 cm³/mol. The lowest BCUT2D eigenvalue weighted by atomic mass is 9.64. The van der Waals surface area contributed by atoms with E-state index < -0.39 is 5.41 Å². The van der Waals surface area contributed by atoms with Gasteiger partial charge >= 0.3 is 0 Å². The molecule has 4 nitrogen and oxygen atoms in total. The predicted octanol–water partition coefficient (Wildman–Crippen LogP) is 13.0. The number of fused-ring (bicyclic) bond motifs is 11. The highest BCUT2D eigenvalue weighted by atomic mass is 32.2. The fourth-order valence-corrected chi connectivity index (χ4v) is 10.8. The van der Waals surface area contributed by atoms with Crippen LogP contribution < -0.4 is 0 Å². The highest BCUT2D eigenvalue weighted by Crippen LogP contribution is 2.65. The highest BCUT2D eigenvalue weighted by Gasteiger charge is 2.52. The molecule has 272 valence electrons. The van der Waals surface area contributed by atoms with Crippen molar-refractivity contribution in [2.24, 2.45) is 0 Å². The minimum Gasteiger partial charge on any atom is -0.256 e. The number of nitrogens with zero attached hydrogens (tertiary/aromatic N) is 4. The van der Waals surface area contributed by atoms with Gasteiger partial charge in [-0.1, -0.05) is 176 Å². The third-order valence-electron chi connectivity index (χ3n) is 12.2. The van der Waals surface area contributed by atoms with Crippen molar-refractivity contribution in [1.82, 2.24) is 19.9 Å². The molecule has 0 saturated heterocycles. The van der Waals surface area contributed by atoms with Gasteiger partial charge in [0, 0.05) is 44.0 Å². The van der Waals surface area contributed by atoms with Crippen LogP contribution in [-0.2, 0) is 5.41 Å². The van der Waals surface area contributed by atoms with Crippen LogP contribution in [-0.4, -0.2) is 19.9 Å². The van der Waals surface area contributed by atoms with Gasteiger partial charge < -0.3 is 0 Å². The van der Waals surface area contributed by atoms with Crippen molar-refractivity contribution in [3.05, 3.63) is 221 Å². The van der Waals surface area contributed by atoms with Crippen molar-refractivity contribution in [3.63, 3.8) is 0 Å². The Bertz CT molecular complexity index is 3150. The van der Waals surface area contributed by atoms with Gasteiger partial charge in [0.05, 0.1) is 10.9 Å². The van der Waals surface area contributed by atoms with Crippen molar-refractivity contribution in [2.45, 2.75) is 22.6 Å². The molecule has 58 heavy (non-hydrogen) atoms. The molecule has 0 fully saturated rings. The van der Waals surface area contributed by atoms with Gasteiger partial charge in [-0.2, -0.15) is 0 Å². The van der Waals surface area contributed by atoms with Crippen molar-refractivity contribution in [1.29, 1.82) is 0 Å². The van der Waals surface area contributed by atoms with Crippen LogP contribution in [0.15, 0.2) is 204 Å². The zero-order valence-corrected chi connectivity index (χ0v) is 32.2. The van der Waals surface area contributed by atoms with E-state index in [1.165, 1.54) is 54.1 Å². The number of hydrogen-bond donors (Lipinski definition) is 0. The zero-order chi connectivity index (χ0) is 38.2. The molecule has 1 unspecified atom stereocenters. The molecule has 3 aliphatic rings. The smallest absolute Gasteiger partial charge is 0.164 e. The quantitative estimate of drug-likeness (QED) is 0.179. The number of hydrogen-bond acceptors (Lipinski definition) is 5. The summed E-state index contributed by atoms with van der Waals surface area (Å²) in [4.78, 5) is 23.1. The number of benzene rings is 7. The fourth-order valence-electron chi connectivity index (χ4n) is 9.64. The van der Waals surface area contributed by atoms with Crippen molar-refractivity contribution >= 4 is 33.4 Å². The van der Waals surface area contributed by atoms with E-state index in [0.29, 0.717) is 17.5 Å². The van der Waals surface area contributed by atoms with E-state index in [-0.39, 0.29) is 5.92 Å². The molecule has 0 amide bonds. The molecule has 9 aromatic rings. The topological polar surface area (TPSA) is 51.6 Å². The van der Waals surface area contributed by atoms with E-state index >= 15 is 0 Å². The van der Waals surface area contributed by atoms with Gasteiger partial charge in [0.15, 0.2) is 17.5 Å². The lowest BCUT2D eigenvalue weighted by molar-refractivity contribution is 0.708. The monoisotopic (exact) mass is 758 g/mol. The van der Waals surface area contributed by atoms with Crippen molar-refractivity contribution in [2.75, 3.05) is 0 Å². The lowest BCUT2D eigenvalue weighted by Crippen LogP contribution is -2.34. The molecule has 7 aromatic carbocycles. The fraction of sp³-hybridized carbons (Fsp3) is 0.0566. The van der Waals surface area contributed by atoms with Gasteiger partial charge in [0.1, 0.15) is 0 Å². The summed E-state index contributed by atoms with van der Waals surface area (Å²) in [7, 11) is 0. The Morgan fingerprint density at radius 3 is 2.02 bits per heavy atom. The standard InChI is InChI=1S/C53H34N4S/c1-2-14-35(15-3-1)50-55-51(57-52(56-50)42-23-10-16-33-13-4-5-19-38(33)42)37-27-29-48-46(32-37)53(43-24-8-6-20-40(43)41-21-7-9-25-44(41)53)45-31-36(26-28-47(45)58-48)39-22-11-17-34-18-12-30-54-49(34)39/h1-25,27-32,36H,26H2. The Balaban J connectivity index is 1.11. The molecule has 1 spiro atoms. The normalized spacial score (nSPS) is 16.0. The Morgan fingerprint density at radius 1 is 0.517 bits per heavy atom. The molecule has 5 heteroatoms. The van der Waals surface area contributed by atoms with Gasteiger partial charge in [-0.15, -0.1) is 0 Å². The van der Waals surface area contributed by atoms with Gasteiger partial charge in [-0.05, 0) is 74.3 Å². The molecular formula is C53H34N4S. The maximum absolute atomic E-state index is 5.30. The van der Waals surface area contributed by atoms with E-state index in [2.05, 4.69) is 158 Å². The average molecular weight is 759 g/mol. The Morgan fingerprint density at radius 2 is 1.17 bits per heavy atom. The maximum Gasteiger partial charge on any atom is 0.164 e. The molecule has 0 saturated carbocycles. The van der Waals surface area contributed by atoms with Gasteiger partial charge in [-0.3, -0.25) is 4.98 Å². The summed E-state index contributed by atoms with van der Waals surface area (Å²) < 4.78 is 0. The van der Waals surface area contributed by atoms with Crippen LogP contribution in [0.5, 0.6) is 0 Å². The van der Waals surface area contributed by atoms with Gasteiger partial charge in [0.2, 0.25) is 0 Å². The maximum atomic E-state index is 5.30. The number of aromatic nitrogens is 4. The number of pyridine rings is 1. The first-order valence-corrected chi connectivity index (χ1v) is 20.6. The van der Waals surface area contributed by atoms with Crippen molar-refractivity contribution < 1.29 is 0 Å². The number of para-hydroxylation sites is 1. The SMILES string of the molecule is C1=C2Sc3ccc(-c4nc(-c5ccccc5)nc(-c5cccc6ccccc56)n4)cc3C3(C2=CC(c2cccc4cccnc24)C1)c1ccccc1-c1ccccc13. The van der Waals surface area contributed by atoms with E-state index in [0.717, 1.165) is 39.4 Å². The zero-order valence-electron chi connectivity index (χ0n) is 31.4. The first-order chi connectivity index (χ1) is 28.7. The third-order valence-corrected chi connectivity index (χ3v) is 13.4. The van der Waals surface area contributed by atoms with Crippen LogP contribution in [0, 0.1) is 0 Å². The number of thioether (sulfide) groups is 1. The summed E-state index contributed by atoms with van der Waals surface area (Å²) in [5, 5.41) is 3.43.